The molecule has 0 aliphatic heterocycles. The maximum Gasteiger partial charge on any atom is 0.297 e. The van der Waals surface area contributed by atoms with Gasteiger partial charge in [-0.15, -0.1) is 0 Å². The maximum atomic E-state index is 11.4. The molecule has 0 radical (unpaired) electrons. The largest absolute Gasteiger partial charge is 0.297 e. The number of halogens is 1. The Morgan fingerprint density at radius 3 is 2.69 bits per heavy atom. The third-order valence-electron chi connectivity index (χ3n) is 1.40. The number of carbonyl (C=O) groups is 1. The molecule has 0 saturated heterocycles. The summed E-state index contributed by atoms with van der Waals surface area (Å²) in [7, 11) is 2.91. The molecule has 6 heteroatoms. The molecule has 5 nitrogen and oxygen atoms in total. The second kappa shape index (κ2) is 4.29. The first kappa shape index (κ1) is 10.1. The normalized spacial score (nSPS) is 9.77. The van der Waals surface area contributed by atoms with Crippen molar-refractivity contribution in [1.82, 2.24) is 15.0 Å². The average molecular weight is 246 g/mol. The molecule has 0 aliphatic rings. The lowest BCUT2D eigenvalue weighted by Gasteiger charge is -2.11. The molecule has 0 saturated carbocycles. The summed E-state index contributed by atoms with van der Waals surface area (Å²) in [5, 5.41) is 1.08. The summed E-state index contributed by atoms with van der Waals surface area (Å²) in [6.45, 7) is 0. The van der Waals surface area contributed by atoms with E-state index in [1.54, 1.807) is 0 Å². The molecule has 0 fully saturated rings. The molecule has 70 valence electrons. The van der Waals surface area contributed by atoms with Crippen molar-refractivity contribution >= 4 is 21.8 Å². The molecule has 0 atom stereocenters. The number of rotatable bonds is 2. The summed E-state index contributed by atoms with van der Waals surface area (Å²) in [6.07, 6.45) is 2.83. The summed E-state index contributed by atoms with van der Waals surface area (Å²) < 4.78 is 0.587. The Morgan fingerprint density at radius 1 is 1.54 bits per heavy atom. The first-order valence-electron chi connectivity index (χ1n) is 3.45. The Bertz CT molecular complexity index is 301. The number of carbonyl (C=O) groups excluding carboxylic acids is 1. The van der Waals surface area contributed by atoms with Gasteiger partial charge in [0.05, 0.1) is 19.5 Å². The van der Waals surface area contributed by atoms with Gasteiger partial charge in [-0.3, -0.25) is 9.63 Å². The Kier molecular flexibility index (Phi) is 3.32. The molecular formula is C7H8BrN3O2. The van der Waals surface area contributed by atoms with Crippen LogP contribution in [0.2, 0.25) is 0 Å². The SMILES string of the molecule is CON(C)C(=O)c1cnc(Br)cn1. The van der Waals surface area contributed by atoms with Crippen molar-refractivity contribution in [3.63, 3.8) is 0 Å². The van der Waals surface area contributed by atoms with Crippen LogP contribution in [0.4, 0.5) is 0 Å². The molecule has 0 unspecified atom stereocenters. The highest BCUT2D eigenvalue weighted by Crippen LogP contribution is 2.04. The third kappa shape index (κ3) is 2.46. The van der Waals surface area contributed by atoms with Crippen LogP contribution < -0.4 is 0 Å². The highest BCUT2D eigenvalue weighted by Gasteiger charge is 2.12. The molecule has 1 amide bonds. The van der Waals surface area contributed by atoms with Crippen LogP contribution in [0.3, 0.4) is 0 Å². The topological polar surface area (TPSA) is 55.3 Å². The highest BCUT2D eigenvalue weighted by molar-refractivity contribution is 9.10. The van der Waals surface area contributed by atoms with Crippen molar-refractivity contribution in [3.8, 4) is 0 Å². The predicted octanol–water partition coefficient (Wildman–Crippen LogP) is 0.872. The van der Waals surface area contributed by atoms with Crippen LogP contribution >= 0.6 is 15.9 Å². The van der Waals surface area contributed by atoms with Crippen molar-refractivity contribution in [3.05, 3.63) is 22.7 Å². The molecule has 1 aromatic heterocycles. The smallest absolute Gasteiger partial charge is 0.274 e. The minimum Gasteiger partial charge on any atom is -0.274 e. The van der Waals surface area contributed by atoms with E-state index < -0.39 is 0 Å². The van der Waals surface area contributed by atoms with Gasteiger partial charge < -0.3 is 0 Å². The van der Waals surface area contributed by atoms with Crippen LogP contribution in [0.5, 0.6) is 0 Å². The Hall–Kier alpha value is -1.01. The van der Waals surface area contributed by atoms with Crippen molar-refractivity contribution in [2.45, 2.75) is 0 Å². The van der Waals surface area contributed by atoms with Crippen LogP contribution in [0.15, 0.2) is 17.0 Å². The predicted molar refractivity (Wildman–Crippen MR) is 48.8 cm³/mol. The molecule has 0 bridgehead atoms. The van der Waals surface area contributed by atoms with Gasteiger partial charge in [0, 0.05) is 7.05 Å². The number of hydroxylamine groups is 2. The summed E-state index contributed by atoms with van der Waals surface area (Å²) in [4.78, 5) is 23.8. The van der Waals surface area contributed by atoms with Crippen LogP contribution in [0.1, 0.15) is 10.5 Å². The molecule has 1 aromatic rings. The van der Waals surface area contributed by atoms with Gasteiger partial charge >= 0.3 is 0 Å². The Morgan fingerprint density at radius 2 is 2.23 bits per heavy atom. The number of amides is 1. The molecular weight excluding hydrogens is 238 g/mol. The fraction of sp³-hybridized carbons (Fsp3) is 0.286. The lowest BCUT2D eigenvalue weighted by Crippen LogP contribution is -2.26. The molecule has 0 aliphatic carbocycles. The van der Waals surface area contributed by atoms with Crippen LogP contribution in [-0.4, -0.2) is 35.1 Å². The number of nitrogens with zero attached hydrogens (tertiary/aromatic N) is 3. The summed E-state index contributed by atoms with van der Waals surface area (Å²) in [5.74, 6) is -0.331. The fourth-order valence-corrected chi connectivity index (χ4v) is 0.872. The zero-order valence-electron chi connectivity index (χ0n) is 7.19. The van der Waals surface area contributed by atoms with Gasteiger partial charge in [-0.1, -0.05) is 0 Å². The molecule has 0 N–H and O–H groups in total. The zero-order chi connectivity index (χ0) is 9.84. The van der Waals surface area contributed by atoms with Crippen LogP contribution in [0, 0.1) is 0 Å². The van der Waals surface area contributed by atoms with Gasteiger partial charge in [-0.25, -0.2) is 15.0 Å². The van der Waals surface area contributed by atoms with E-state index in [1.807, 2.05) is 0 Å². The van der Waals surface area contributed by atoms with E-state index in [-0.39, 0.29) is 11.6 Å². The van der Waals surface area contributed by atoms with Crippen molar-refractivity contribution < 1.29 is 9.63 Å². The van der Waals surface area contributed by atoms with E-state index in [1.165, 1.54) is 26.6 Å². The van der Waals surface area contributed by atoms with Gasteiger partial charge in [0.1, 0.15) is 10.3 Å². The monoisotopic (exact) mass is 245 g/mol. The summed E-state index contributed by atoms with van der Waals surface area (Å²) >= 11 is 3.12. The van der Waals surface area contributed by atoms with E-state index >= 15 is 0 Å². The average Bonchev–Trinajstić information content (AvgIpc) is 2.17. The lowest BCUT2D eigenvalue weighted by molar-refractivity contribution is -0.0760. The van der Waals surface area contributed by atoms with Gasteiger partial charge in [0.2, 0.25) is 0 Å². The van der Waals surface area contributed by atoms with E-state index in [0.29, 0.717) is 4.60 Å². The second-order valence-corrected chi connectivity index (χ2v) is 3.02. The number of hydrogen-bond donors (Lipinski definition) is 0. The maximum absolute atomic E-state index is 11.4. The first-order valence-corrected chi connectivity index (χ1v) is 4.24. The standard InChI is InChI=1S/C7H8BrN3O2/c1-11(13-2)7(12)5-3-10-6(8)4-9-5/h3-4H,1-2H3. The van der Waals surface area contributed by atoms with E-state index in [0.717, 1.165) is 5.06 Å². The summed E-state index contributed by atoms with van der Waals surface area (Å²) in [6, 6.07) is 0. The lowest BCUT2D eigenvalue weighted by atomic mass is 10.4. The van der Waals surface area contributed by atoms with Gasteiger partial charge in [-0.2, -0.15) is 0 Å². The van der Waals surface area contributed by atoms with E-state index in [9.17, 15) is 4.79 Å². The van der Waals surface area contributed by atoms with Gasteiger partial charge in [-0.05, 0) is 15.9 Å². The minimum atomic E-state index is -0.331. The van der Waals surface area contributed by atoms with Crippen LogP contribution in [0.25, 0.3) is 0 Å². The number of hydrogen-bond acceptors (Lipinski definition) is 4. The van der Waals surface area contributed by atoms with E-state index in [4.69, 9.17) is 4.84 Å². The summed E-state index contributed by atoms with van der Waals surface area (Å²) in [5.41, 5.74) is 0.243. The molecule has 13 heavy (non-hydrogen) atoms. The number of aromatic nitrogens is 2. The fourth-order valence-electron chi connectivity index (χ4n) is 0.667. The molecule has 0 aromatic carbocycles. The first-order chi connectivity index (χ1) is 6.15. The Labute approximate surface area is 83.8 Å². The quantitative estimate of drug-likeness (QED) is 0.726. The molecule has 1 rings (SSSR count). The zero-order valence-corrected chi connectivity index (χ0v) is 8.78. The van der Waals surface area contributed by atoms with Crippen molar-refractivity contribution in [2.75, 3.05) is 14.2 Å². The molecule has 0 spiro atoms. The van der Waals surface area contributed by atoms with Gasteiger partial charge in [0.15, 0.2) is 0 Å². The Balaban J connectivity index is 2.83. The highest BCUT2D eigenvalue weighted by atomic mass is 79.9. The second-order valence-electron chi connectivity index (χ2n) is 2.21. The van der Waals surface area contributed by atoms with E-state index in [2.05, 4.69) is 25.9 Å². The molecule has 1 heterocycles. The van der Waals surface area contributed by atoms with Crippen LogP contribution in [-0.2, 0) is 4.84 Å². The third-order valence-corrected chi connectivity index (χ3v) is 1.81. The van der Waals surface area contributed by atoms with Crippen molar-refractivity contribution in [2.24, 2.45) is 0 Å². The minimum absolute atomic E-state index is 0.243. The van der Waals surface area contributed by atoms with Crippen molar-refractivity contribution in [1.29, 1.82) is 0 Å². The van der Waals surface area contributed by atoms with Gasteiger partial charge in [0.25, 0.3) is 5.91 Å².